The molecule has 0 fully saturated rings. The van der Waals surface area contributed by atoms with Gasteiger partial charge in [0.25, 0.3) is 0 Å². The Bertz CT molecular complexity index is 365. The average molecular weight is 226 g/mol. The van der Waals surface area contributed by atoms with Crippen molar-refractivity contribution in [3.8, 4) is 0 Å². The first-order chi connectivity index (χ1) is 7.56. The van der Waals surface area contributed by atoms with Gasteiger partial charge in [-0.05, 0) is 12.8 Å². The summed E-state index contributed by atoms with van der Waals surface area (Å²) in [5, 5.41) is 18.0. The molecule has 1 heterocycles. The molecule has 0 amide bonds. The van der Waals surface area contributed by atoms with Crippen LogP contribution in [0.1, 0.15) is 32.6 Å². The lowest BCUT2D eigenvalue weighted by Crippen LogP contribution is -1.99. The minimum atomic E-state index is -1.26. The van der Waals surface area contributed by atoms with E-state index in [-0.39, 0.29) is 17.1 Å². The van der Waals surface area contributed by atoms with Crippen LogP contribution in [-0.2, 0) is 14.3 Å². The van der Waals surface area contributed by atoms with Gasteiger partial charge >= 0.3 is 11.9 Å². The number of carboxylic acids is 1. The number of cyclic esters (lactones) is 1. The molecule has 0 spiro atoms. The molecule has 0 bridgehead atoms. The van der Waals surface area contributed by atoms with Gasteiger partial charge in [0.2, 0.25) is 0 Å². The van der Waals surface area contributed by atoms with Crippen LogP contribution in [0.3, 0.4) is 0 Å². The number of hydrogen-bond acceptors (Lipinski definition) is 4. The molecule has 1 aliphatic heterocycles. The van der Waals surface area contributed by atoms with E-state index >= 15 is 0 Å². The van der Waals surface area contributed by atoms with Crippen LogP contribution in [0.25, 0.3) is 0 Å². The second-order valence-electron chi connectivity index (χ2n) is 3.52. The molecule has 0 unspecified atom stereocenters. The maximum atomic E-state index is 11.3. The monoisotopic (exact) mass is 226 g/mol. The number of unbranched alkanes of at least 4 members (excludes halogenated alkanes) is 2. The summed E-state index contributed by atoms with van der Waals surface area (Å²) in [4.78, 5) is 21.7. The summed E-state index contributed by atoms with van der Waals surface area (Å²) in [5.74, 6) is -2.53. The number of aliphatic carboxylic acids is 1. The van der Waals surface area contributed by atoms with Gasteiger partial charge < -0.3 is 14.9 Å². The summed E-state index contributed by atoms with van der Waals surface area (Å²) in [6, 6.07) is 0. The van der Waals surface area contributed by atoms with Crippen LogP contribution >= 0.6 is 0 Å². The van der Waals surface area contributed by atoms with E-state index < -0.39 is 11.9 Å². The zero-order valence-corrected chi connectivity index (χ0v) is 9.02. The van der Waals surface area contributed by atoms with E-state index in [9.17, 15) is 14.7 Å². The Kier molecular flexibility index (Phi) is 4.10. The molecule has 16 heavy (non-hydrogen) atoms. The van der Waals surface area contributed by atoms with Crippen LogP contribution < -0.4 is 0 Å². The molecular formula is C11H14O5. The van der Waals surface area contributed by atoms with E-state index in [0.29, 0.717) is 12.5 Å². The second-order valence-corrected chi connectivity index (χ2v) is 3.52. The first-order valence-corrected chi connectivity index (χ1v) is 5.15. The molecule has 5 heteroatoms. The van der Waals surface area contributed by atoms with Gasteiger partial charge in [0, 0.05) is 0 Å². The minimum Gasteiger partial charge on any atom is -0.504 e. The smallest absolute Gasteiger partial charge is 0.343 e. The van der Waals surface area contributed by atoms with Gasteiger partial charge in [-0.15, -0.1) is 0 Å². The molecule has 0 aromatic heterocycles. The quantitative estimate of drug-likeness (QED) is 0.425. The number of aliphatic hydroxyl groups is 1. The molecule has 0 saturated carbocycles. The van der Waals surface area contributed by atoms with Crippen LogP contribution in [0.2, 0.25) is 0 Å². The van der Waals surface area contributed by atoms with E-state index in [1.807, 2.05) is 6.92 Å². The summed E-state index contributed by atoms with van der Waals surface area (Å²) >= 11 is 0. The first-order valence-electron chi connectivity index (χ1n) is 5.15. The predicted octanol–water partition coefficient (Wildman–Crippen LogP) is 1.90. The van der Waals surface area contributed by atoms with E-state index in [4.69, 9.17) is 5.11 Å². The number of esters is 1. The molecule has 5 nitrogen and oxygen atoms in total. The Morgan fingerprint density at radius 2 is 2.12 bits per heavy atom. The number of aliphatic hydroxyl groups excluding tert-OH is 1. The van der Waals surface area contributed by atoms with Crippen molar-refractivity contribution in [1.29, 1.82) is 0 Å². The maximum Gasteiger partial charge on any atom is 0.343 e. The van der Waals surface area contributed by atoms with Gasteiger partial charge in [0.1, 0.15) is 0 Å². The topological polar surface area (TPSA) is 83.8 Å². The number of carbonyl (C=O) groups is 2. The Morgan fingerprint density at radius 3 is 2.69 bits per heavy atom. The van der Waals surface area contributed by atoms with Crippen LogP contribution in [0.5, 0.6) is 0 Å². The van der Waals surface area contributed by atoms with Crippen LogP contribution in [0.15, 0.2) is 23.2 Å². The van der Waals surface area contributed by atoms with E-state index in [1.54, 1.807) is 0 Å². The van der Waals surface area contributed by atoms with E-state index in [2.05, 4.69) is 4.74 Å². The van der Waals surface area contributed by atoms with Gasteiger partial charge in [-0.1, -0.05) is 19.8 Å². The highest BCUT2D eigenvalue weighted by Crippen LogP contribution is 2.27. The molecule has 0 aromatic rings. The average Bonchev–Trinajstić information content (AvgIpc) is 2.45. The molecule has 88 valence electrons. The van der Waals surface area contributed by atoms with Crippen molar-refractivity contribution in [2.45, 2.75) is 32.6 Å². The van der Waals surface area contributed by atoms with Crippen LogP contribution in [0, 0.1) is 0 Å². The lowest BCUT2D eigenvalue weighted by molar-refractivity contribution is -0.133. The fourth-order valence-electron chi connectivity index (χ4n) is 1.44. The third kappa shape index (κ3) is 2.85. The van der Waals surface area contributed by atoms with Crippen molar-refractivity contribution in [2.24, 2.45) is 0 Å². The number of carbonyl (C=O) groups excluding carboxylic acids is 1. The number of ether oxygens (including phenoxy) is 1. The van der Waals surface area contributed by atoms with Crippen LogP contribution in [-0.4, -0.2) is 22.2 Å². The van der Waals surface area contributed by atoms with Gasteiger partial charge in [-0.2, -0.15) is 0 Å². The third-order valence-corrected chi connectivity index (χ3v) is 2.25. The Hall–Kier alpha value is -1.78. The second kappa shape index (κ2) is 5.34. The van der Waals surface area contributed by atoms with Crippen molar-refractivity contribution < 1.29 is 24.5 Å². The first kappa shape index (κ1) is 12.3. The molecule has 1 aliphatic rings. The summed E-state index contributed by atoms with van der Waals surface area (Å²) in [6.45, 7) is 2.02. The van der Waals surface area contributed by atoms with Gasteiger partial charge in [0.05, 0.1) is 11.6 Å². The largest absolute Gasteiger partial charge is 0.504 e. The highest BCUT2D eigenvalue weighted by atomic mass is 16.6. The zero-order valence-electron chi connectivity index (χ0n) is 9.02. The molecular weight excluding hydrogens is 212 g/mol. The molecule has 0 aliphatic carbocycles. The van der Waals surface area contributed by atoms with Crippen molar-refractivity contribution in [2.75, 3.05) is 0 Å². The normalized spacial score (nSPS) is 18.1. The van der Waals surface area contributed by atoms with Crippen LogP contribution in [0.4, 0.5) is 0 Å². The van der Waals surface area contributed by atoms with Gasteiger partial charge in [-0.25, -0.2) is 9.59 Å². The summed E-state index contributed by atoms with van der Waals surface area (Å²) < 4.78 is 4.64. The molecule has 0 saturated heterocycles. The number of hydrogen-bond donors (Lipinski definition) is 2. The third-order valence-electron chi connectivity index (χ3n) is 2.25. The number of rotatable bonds is 5. The highest BCUT2D eigenvalue weighted by Gasteiger charge is 2.29. The SMILES string of the molecule is CCCCCC1=C(O)C(=CC(=O)O)OC1=O. The summed E-state index contributed by atoms with van der Waals surface area (Å²) in [5.41, 5.74) is 0.168. The van der Waals surface area contributed by atoms with Crippen molar-refractivity contribution in [1.82, 2.24) is 0 Å². The van der Waals surface area contributed by atoms with Crippen molar-refractivity contribution >= 4 is 11.9 Å². The Labute approximate surface area is 93.0 Å². The Balaban J connectivity index is 2.77. The fraction of sp³-hybridized carbons (Fsp3) is 0.455. The van der Waals surface area contributed by atoms with Crippen molar-refractivity contribution in [3.63, 3.8) is 0 Å². The molecule has 1 rings (SSSR count). The van der Waals surface area contributed by atoms with Crippen molar-refractivity contribution in [3.05, 3.63) is 23.2 Å². The summed E-state index contributed by atoms with van der Waals surface area (Å²) in [6.07, 6.45) is 3.81. The lowest BCUT2D eigenvalue weighted by Gasteiger charge is -1.97. The van der Waals surface area contributed by atoms with Gasteiger partial charge in [-0.3, -0.25) is 0 Å². The van der Waals surface area contributed by atoms with E-state index in [0.717, 1.165) is 19.3 Å². The van der Waals surface area contributed by atoms with Gasteiger partial charge in [0.15, 0.2) is 11.5 Å². The molecule has 0 aromatic carbocycles. The predicted molar refractivity (Wildman–Crippen MR) is 55.6 cm³/mol. The molecule has 2 N–H and O–H groups in total. The molecule has 0 radical (unpaired) electrons. The zero-order chi connectivity index (χ0) is 12.1. The minimum absolute atomic E-state index is 0.168. The number of carboxylic acid groups (broad SMARTS) is 1. The van der Waals surface area contributed by atoms with E-state index in [1.165, 1.54) is 0 Å². The Morgan fingerprint density at radius 1 is 1.44 bits per heavy atom. The standard InChI is InChI=1S/C11H14O5/c1-2-3-4-5-7-10(14)8(6-9(12)13)16-11(7)15/h6,14H,2-5H2,1H3,(H,12,13). The molecule has 0 atom stereocenters. The fourth-order valence-corrected chi connectivity index (χ4v) is 1.44. The lowest BCUT2D eigenvalue weighted by atomic mass is 10.1. The highest BCUT2D eigenvalue weighted by molar-refractivity contribution is 5.95. The maximum absolute atomic E-state index is 11.3. The summed E-state index contributed by atoms with van der Waals surface area (Å²) in [7, 11) is 0.